The molecule has 0 heterocycles. The number of rotatable bonds is 7. The highest BCUT2D eigenvalue weighted by Crippen LogP contribution is 2.66. The third-order valence-electron chi connectivity index (χ3n) is 13.0. The van der Waals surface area contributed by atoms with Crippen LogP contribution in [-0.2, 0) is 4.43 Å². The molecule has 4 heteroatoms. The molecule has 0 aromatic carbocycles. The number of allylic oxidation sites excluding steroid dienone is 3. The second-order valence-electron chi connectivity index (χ2n) is 16.7. The van der Waals surface area contributed by atoms with Crippen LogP contribution in [-0.4, -0.2) is 35.8 Å². The van der Waals surface area contributed by atoms with Crippen molar-refractivity contribution in [3.63, 3.8) is 0 Å². The number of hydrogen-bond acceptors (Lipinski definition) is 3. The van der Waals surface area contributed by atoms with E-state index in [9.17, 15) is 10.2 Å². The Morgan fingerprint density at radius 1 is 0.947 bits per heavy atom. The molecular formula is C34H60O3Si. The Labute approximate surface area is 236 Å². The van der Waals surface area contributed by atoms with Gasteiger partial charge < -0.3 is 14.6 Å². The van der Waals surface area contributed by atoms with E-state index in [0.29, 0.717) is 47.0 Å². The van der Waals surface area contributed by atoms with Gasteiger partial charge >= 0.3 is 0 Å². The molecule has 1 unspecified atom stereocenters. The van der Waals surface area contributed by atoms with Crippen molar-refractivity contribution in [2.24, 2.45) is 34.5 Å². The van der Waals surface area contributed by atoms with Crippen LogP contribution in [0.15, 0.2) is 23.3 Å². The van der Waals surface area contributed by atoms with E-state index in [2.05, 4.69) is 66.8 Å². The van der Waals surface area contributed by atoms with Crippen LogP contribution in [0.25, 0.3) is 0 Å². The maximum absolute atomic E-state index is 10.9. The summed E-state index contributed by atoms with van der Waals surface area (Å²) in [4.78, 5) is 0. The zero-order chi connectivity index (χ0) is 28.5. The van der Waals surface area contributed by atoms with Crippen LogP contribution in [0.1, 0.15) is 120 Å². The molecule has 3 fully saturated rings. The Morgan fingerprint density at radius 3 is 2.21 bits per heavy atom. The van der Waals surface area contributed by atoms with Gasteiger partial charge in [0.15, 0.2) is 8.32 Å². The summed E-state index contributed by atoms with van der Waals surface area (Å²) in [5.41, 5.74) is 1.94. The van der Waals surface area contributed by atoms with Crippen LogP contribution in [0, 0.1) is 34.5 Å². The molecule has 4 rings (SSSR count). The average molecular weight is 545 g/mol. The van der Waals surface area contributed by atoms with Crippen molar-refractivity contribution in [3.8, 4) is 0 Å². The van der Waals surface area contributed by atoms with Gasteiger partial charge in [0.2, 0.25) is 0 Å². The maximum atomic E-state index is 10.9. The Kier molecular flexibility index (Phi) is 7.91. The molecule has 2 N–H and O–H groups in total. The van der Waals surface area contributed by atoms with Crippen molar-refractivity contribution in [2.45, 2.75) is 156 Å². The molecule has 0 spiro atoms. The van der Waals surface area contributed by atoms with E-state index < -0.39 is 19.5 Å². The Hall–Kier alpha value is -0.423. The van der Waals surface area contributed by atoms with Crippen molar-refractivity contribution >= 4 is 8.32 Å². The van der Waals surface area contributed by atoms with E-state index in [1.165, 1.54) is 38.5 Å². The minimum absolute atomic E-state index is 0.260. The Morgan fingerprint density at radius 2 is 1.61 bits per heavy atom. The van der Waals surface area contributed by atoms with Crippen LogP contribution >= 0.6 is 0 Å². The van der Waals surface area contributed by atoms with Crippen LogP contribution in [0.4, 0.5) is 0 Å². The normalized spacial score (nSPS) is 38.3. The highest BCUT2D eigenvalue weighted by molar-refractivity contribution is 6.74. The molecule has 0 radical (unpaired) electrons. The zero-order valence-electron chi connectivity index (χ0n) is 26.7. The standard InChI is InChI=1S/C34H60O3Si/c1-23(16-21-34(9,36)31(5,6)35)27-14-15-28-26-13-12-24-22-25(37-38(10,11)30(2,3)4)17-19-32(24,7)29(26)18-20-33(27,28)8/h12-13,23,25,27-29,35-36H,14-22H2,1-11H3/t23-,25+,27-,28+,29+,32+,33-,34?/m1/s1. The minimum atomic E-state index is -1.76. The summed E-state index contributed by atoms with van der Waals surface area (Å²) in [5.74, 6) is 2.64. The zero-order valence-corrected chi connectivity index (χ0v) is 27.7. The van der Waals surface area contributed by atoms with Gasteiger partial charge in [-0.25, -0.2) is 0 Å². The van der Waals surface area contributed by atoms with Crippen molar-refractivity contribution < 1.29 is 14.6 Å². The number of fused-ring (bicyclic) bond motifs is 5. The summed E-state index contributed by atoms with van der Waals surface area (Å²) in [6, 6.07) is 0. The summed E-state index contributed by atoms with van der Waals surface area (Å²) in [5, 5.41) is 21.6. The summed E-state index contributed by atoms with van der Waals surface area (Å²) in [7, 11) is -1.76. The minimum Gasteiger partial charge on any atom is -0.414 e. The van der Waals surface area contributed by atoms with Gasteiger partial charge in [-0.05, 0) is 131 Å². The van der Waals surface area contributed by atoms with Crippen LogP contribution in [0.5, 0.6) is 0 Å². The lowest BCUT2D eigenvalue weighted by Crippen LogP contribution is -2.49. The summed E-state index contributed by atoms with van der Waals surface area (Å²) < 4.78 is 6.91. The first-order chi connectivity index (χ1) is 17.2. The molecular weight excluding hydrogens is 484 g/mol. The SMILES string of the molecule is C[C@H](CCC(C)(O)C(C)(C)O)[C@H]1CC[C@H]2C3=CC=C4C[C@@H](O[Si](C)(C)C(C)(C)C)CC[C@]4(C)[C@H]3CC[C@]12C. The monoisotopic (exact) mass is 544 g/mol. The summed E-state index contributed by atoms with van der Waals surface area (Å²) >= 11 is 0. The van der Waals surface area contributed by atoms with Gasteiger partial charge in [0.05, 0.1) is 11.2 Å². The molecule has 218 valence electrons. The van der Waals surface area contributed by atoms with Crippen molar-refractivity contribution in [2.75, 3.05) is 0 Å². The predicted octanol–water partition coefficient (Wildman–Crippen LogP) is 8.81. The van der Waals surface area contributed by atoms with Gasteiger partial charge in [0.25, 0.3) is 0 Å². The van der Waals surface area contributed by atoms with Crippen molar-refractivity contribution in [3.05, 3.63) is 23.3 Å². The molecule has 38 heavy (non-hydrogen) atoms. The summed E-state index contributed by atoms with van der Waals surface area (Å²) in [6.07, 6.45) is 15.9. The van der Waals surface area contributed by atoms with Crippen LogP contribution in [0.2, 0.25) is 18.1 Å². The first-order valence-corrected chi connectivity index (χ1v) is 18.7. The molecule has 3 nitrogen and oxygen atoms in total. The lowest BCUT2D eigenvalue weighted by molar-refractivity contribution is -0.127. The topological polar surface area (TPSA) is 49.7 Å². The van der Waals surface area contributed by atoms with Gasteiger partial charge in [-0.3, -0.25) is 0 Å². The van der Waals surface area contributed by atoms with E-state index in [1.807, 2.05) is 0 Å². The van der Waals surface area contributed by atoms with Gasteiger partial charge in [0.1, 0.15) is 0 Å². The van der Waals surface area contributed by atoms with Gasteiger partial charge in [-0.2, -0.15) is 0 Å². The maximum Gasteiger partial charge on any atom is 0.192 e. The number of aliphatic hydroxyl groups is 2. The Balaban J connectivity index is 1.49. The Bertz CT molecular complexity index is 948. The third kappa shape index (κ3) is 5.18. The van der Waals surface area contributed by atoms with Gasteiger partial charge in [-0.15, -0.1) is 0 Å². The average Bonchev–Trinajstić information content (AvgIpc) is 3.13. The molecule has 8 atom stereocenters. The molecule has 4 aliphatic carbocycles. The molecule has 4 aliphatic rings. The van der Waals surface area contributed by atoms with E-state index in [-0.39, 0.29) is 5.04 Å². The first kappa shape index (κ1) is 30.5. The molecule has 0 bridgehead atoms. The largest absolute Gasteiger partial charge is 0.414 e. The second-order valence-corrected chi connectivity index (χ2v) is 21.5. The first-order valence-electron chi connectivity index (χ1n) is 15.8. The van der Waals surface area contributed by atoms with Gasteiger partial charge in [-0.1, -0.05) is 64.8 Å². The third-order valence-corrected chi connectivity index (χ3v) is 17.5. The summed E-state index contributed by atoms with van der Waals surface area (Å²) in [6.45, 7) is 24.7. The molecule has 3 saturated carbocycles. The highest BCUT2D eigenvalue weighted by Gasteiger charge is 2.57. The highest BCUT2D eigenvalue weighted by atomic mass is 28.4. The van der Waals surface area contributed by atoms with Crippen molar-refractivity contribution in [1.82, 2.24) is 0 Å². The molecule has 0 saturated heterocycles. The quantitative estimate of drug-likeness (QED) is 0.315. The molecule has 0 amide bonds. The van der Waals surface area contributed by atoms with Crippen molar-refractivity contribution in [1.29, 1.82) is 0 Å². The smallest absolute Gasteiger partial charge is 0.192 e. The van der Waals surface area contributed by atoms with E-state index in [4.69, 9.17) is 4.43 Å². The molecule has 0 aromatic heterocycles. The van der Waals surface area contributed by atoms with Gasteiger partial charge in [0, 0.05) is 6.10 Å². The van der Waals surface area contributed by atoms with E-state index >= 15 is 0 Å². The van der Waals surface area contributed by atoms with E-state index in [1.54, 1.807) is 31.9 Å². The number of hydrogen-bond donors (Lipinski definition) is 2. The predicted molar refractivity (Wildman–Crippen MR) is 163 cm³/mol. The molecule has 0 aliphatic heterocycles. The fourth-order valence-electron chi connectivity index (χ4n) is 8.65. The van der Waals surface area contributed by atoms with Crippen LogP contribution < -0.4 is 0 Å². The second kappa shape index (κ2) is 9.84. The fraction of sp³-hybridized carbons (Fsp3) is 0.882. The lowest BCUT2D eigenvalue weighted by atomic mass is 9.50. The van der Waals surface area contributed by atoms with Crippen LogP contribution in [0.3, 0.4) is 0 Å². The molecule has 0 aromatic rings. The lowest BCUT2D eigenvalue weighted by Gasteiger charge is -2.56. The fourth-order valence-corrected chi connectivity index (χ4v) is 10.0. The van der Waals surface area contributed by atoms with E-state index in [0.717, 1.165) is 12.8 Å².